The summed E-state index contributed by atoms with van der Waals surface area (Å²) in [7, 11) is -5.18. The molecule has 0 fully saturated rings. The molecule has 0 saturated heterocycles. The van der Waals surface area contributed by atoms with E-state index in [0.717, 1.165) is 0 Å². The van der Waals surface area contributed by atoms with Crippen LogP contribution in [-0.4, -0.2) is 33.2 Å². The second-order valence-electron chi connectivity index (χ2n) is 3.41. The molecule has 7 heteroatoms. The molecule has 1 aromatic rings. The molecule has 1 aromatic carbocycles. The second-order valence-corrected chi connectivity index (χ2v) is 4.99. The van der Waals surface area contributed by atoms with E-state index in [2.05, 4.69) is 6.58 Å². The number of hydrogen-bond acceptors (Lipinski definition) is 5. The number of benzene rings is 1. The fourth-order valence-electron chi connectivity index (χ4n) is 1.30. The molecule has 1 atom stereocenters. The lowest BCUT2D eigenvalue weighted by atomic mass is 10.00. The predicted molar refractivity (Wildman–Crippen MR) is 59.3 cm³/mol. The molecule has 0 radical (unpaired) electrons. The zero-order chi connectivity index (χ0) is 13.3. The van der Waals surface area contributed by atoms with Gasteiger partial charge in [0, 0.05) is 5.56 Å². The minimum Gasteiger partial charge on any atom is -0.365 e. The van der Waals surface area contributed by atoms with Crippen LogP contribution >= 0.6 is 0 Å². The zero-order valence-electron chi connectivity index (χ0n) is 8.68. The molecule has 0 aromatic heterocycles. The molecular weight excluding hydrogens is 248 g/mol. The van der Waals surface area contributed by atoms with Gasteiger partial charge in [-0.15, -0.1) is 0 Å². The van der Waals surface area contributed by atoms with Gasteiger partial charge in [0.05, 0.1) is 0 Å². The van der Waals surface area contributed by atoms with E-state index in [1.165, 1.54) is 24.3 Å². The van der Waals surface area contributed by atoms with Gasteiger partial charge in [-0.2, -0.15) is 8.42 Å². The van der Waals surface area contributed by atoms with Crippen molar-refractivity contribution in [3.63, 3.8) is 0 Å². The molecule has 0 bridgehead atoms. The predicted octanol–water partition coefficient (Wildman–Crippen LogP) is -0.414. The third-order valence-electron chi connectivity index (χ3n) is 2.35. The van der Waals surface area contributed by atoms with Crippen molar-refractivity contribution in [3.8, 4) is 0 Å². The highest BCUT2D eigenvalue weighted by atomic mass is 32.2. The van der Waals surface area contributed by atoms with Crippen LogP contribution in [0, 0.1) is 0 Å². The zero-order valence-corrected chi connectivity index (χ0v) is 9.50. The fourth-order valence-corrected chi connectivity index (χ4v) is 1.99. The summed E-state index contributed by atoms with van der Waals surface area (Å²) in [6.45, 7) is 2.98. The van der Waals surface area contributed by atoms with Gasteiger partial charge in [0.15, 0.2) is 0 Å². The first kappa shape index (κ1) is 13.8. The summed E-state index contributed by atoms with van der Waals surface area (Å²) in [5.74, 6) is -3.22. The molecule has 6 nitrogen and oxygen atoms in total. The maximum Gasteiger partial charge on any atom is 0.304 e. The summed E-state index contributed by atoms with van der Waals surface area (Å²) in [5.41, 5.74) is -0.306. The normalized spacial score (nSPS) is 16.2. The van der Waals surface area contributed by atoms with Gasteiger partial charge in [-0.05, 0) is 6.08 Å². The van der Waals surface area contributed by atoms with E-state index >= 15 is 0 Å². The average molecular weight is 260 g/mol. The summed E-state index contributed by atoms with van der Waals surface area (Å²) in [6.07, 6.45) is 0.343. The summed E-state index contributed by atoms with van der Waals surface area (Å²) in [5, 5.41) is 29.2. The van der Waals surface area contributed by atoms with Gasteiger partial charge in [0.2, 0.25) is 5.79 Å². The van der Waals surface area contributed by atoms with E-state index < -0.39 is 20.8 Å². The van der Waals surface area contributed by atoms with Gasteiger partial charge < -0.3 is 15.3 Å². The Hall–Kier alpha value is -1.25. The Kier molecular flexibility index (Phi) is 3.42. The van der Waals surface area contributed by atoms with Crippen LogP contribution in [0.2, 0.25) is 0 Å². The van der Waals surface area contributed by atoms with Crippen LogP contribution in [0.15, 0.2) is 43.0 Å². The molecular formula is C10H12O6S. The first-order valence-electron chi connectivity index (χ1n) is 4.50. The Morgan fingerprint density at radius 1 is 1.12 bits per heavy atom. The third kappa shape index (κ3) is 2.11. The van der Waals surface area contributed by atoms with Crippen LogP contribution in [0.5, 0.6) is 0 Å². The Balaban J connectivity index is 3.45. The molecule has 0 aliphatic rings. The Bertz CT molecular complexity index is 507. The molecule has 0 aliphatic carbocycles. The summed E-state index contributed by atoms with van der Waals surface area (Å²) in [6, 6.07) is 6.73. The van der Waals surface area contributed by atoms with Crippen LogP contribution in [0.3, 0.4) is 0 Å². The minimum absolute atomic E-state index is 0.306. The van der Waals surface area contributed by atoms with Crippen molar-refractivity contribution in [1.82, 2.24) is 0 Å². The first-order chi connectivity index (χ1) is 7.67. The fraction of sp³-hybridized carbons (Fsp3) is 0.200. The molecule has 94 valence electrons. The second kappa shape index (κ2) is 4.21. The maximum atomic E-state index is 11.0. The SMILES string of the molecule is C=CC(O)(C(O)(O)c1ccccc1)S(=O)(=O)O. The van der Waals surface area contributed by atoms with Crippen molar-refractivity contribution in [2.24, 2.45) is 0 Å². The topological polar surface area (TPSA) is 115 Å². The maximum absolute atomic E-state index is 11.0. The van der Waals surface area contributed by atoms with E-state index in [1.54, 1.807) is 6.07 Å². The van der Waals surface area contributed by atoms with Gasteiger partial charge >= 0.3 is 10.1 Å². The van der Waals surface area contributed by atoms with E-state index in [0.29, 0.717) is 6.08 Å². The standard InChI is InChI=1S/C10H12O6S/c1-2-9(11,17(14,15)16)10(12,13)8-6-4-3-5-7-8/h2-7,11-13H,1H2,(H,14,15,16). The largest absolute Gasteiger partial charge is 0.365 e. The lowest BCUT2D eigenvalue weighted by Crippen LogP contribution is -2.55. The highest BCUT2D eigenvalue weighted by Gasteiger charge is 2.57. The molecule has 4 N–H and O–H groups in total. The number of hydrogen-bond donors (Lipinski definition) is 4. The summed E-state index contributed by atoms with van der Waals surface area (Å²) >= 11 is 0. The van der Waals surface area contributed by atoms with Crippen molar-refractivity contribution in [2.75, 3.05) is 0 Å². The summed E-state index contributed by atoms with van der Waals surface area (Å²) < 4.78 is 30.9. The molecule has 0 saturated carbocycles. The van der Waals surface area contributed by atoms with Crippen LogP contribution in [0.1, 0.15) is 5.56 Å². The lowest BCUT2D eigenvalue weighted by molar-refractivity contribution is -0.238. The highest BCUT2D eigenvalue weighted by molar-refractivity contribution is 7.87. The van der Waals surface area contributed by atoms with Gasteiger partial charge in [0.1, 0.15) is 0 Å². The van der Waals surface area contributed by atoms with Crippen LogP contribution in [0.25, 0.3) is 0 Å². The molecule has 0 heterocycles. The Labute approximate surface area is 98.2 Å². The van der Waals surface area contributed by atoms with Crippen LogP contribution in [-0.2, 0) is 15.9 Å². The minimum atomic E-state index is -5.18. The lowest BCUT2D eigenvalue weighted by Gasteiger charge is -2.34. The molecule has 0 spiro atoms. The van der Waals surface area contributed by atoms with Crippen LogP contribution in [0.4, 0.5) is 0 Å². The highest BCUT2D eigenvalue weighted by Crippen LogP contribution is 2.35. The molecule has 1 rings (SSSR count). The number of aliphatic hydroxyl groups is 3. The Morgan fingerprint density at radius 3 is 1.94 bits per heavy atom. The van der Waals surface area contributed by atoms with Gasteiger partial charge in [-0.1, -0.05) is 36.9 Å². The molecule has 17 heavy (non-hydrogen) atoms. The third-order valence-corrected chi connectivity index (χ3v) is 3.58. The average Bonchev–Trinajstić information content (AvgIpc) is 2.27. The quantitative estimate of drug-likeness (QED) is 0.332. The van der Waals surface area contributed by atoms with E-state index in [-0.39, 0.29) is 5.56 Å². The molecule has 0 amide bonds. The smallest absolute Gasteiger partial charge is 0.304 e. The van der Waals surface area contributed by atoms with E-state index in [4.69, 9.17) is 4.55 Å². The van der Waals surface area contributed by atoms with Crippen molar-refractivity contribution < 1.29 is 28.3 Å². The van der Waals surface area contributed by atoms with Crippen molar-refractivity contribution >= 4 is 10.1 Å². The van der Waals surface area contributed by atoms with Crippen molar-refractivity contribution in [2.45, 2.75) is 10.7 Å². The molecule has 0 aliphatic heterocycles. The monoisotopic (exact) mass is 260 g/mol. The van der Waals surface area contributed by atoms with Gasteiger partial charge in [-0.25, -0.2) is 0 Å². The van der Waals surface area contributed by atoms with E-state index in [1.807, 2.05) is 0 Å². The summed E-state index contributed by atoms with van der Waals surface area (Å²) in [4.78, 5) is -3.32. The Morgan fingerprint density at radius 2 is 1.59 bits per heavy atom. The van der Waals surface area contributed by atoms with Gasteiger partial charge in [-0.3, -0.25) is 4.55 Å². The molecule has 1 unspecified atom stereocenters. The van der Waals surface area contributed by atoms with Gasteiger partial charge in [0.25, 0.3) is 4.93 Å². The number of rotatable bonds is 4. The van der Waals surface area contributed by atoms with Crippen molar-refractivity contribution in [3.05, 3.63) is 48.6 Å². The van der Waals surface area contributed by atoms with Crippen molar-refractivity contribution in [1.29, 1.82) is 0 Å². The van der Waals surface area contributed by atoms with E-state index in [9.17, 15) is 23.7 Å². The van der Waals surface area contributed by atoms with Crippen LogP contribution < -0.4 is 0 Å². The first-order valence-corrected chi connectivity index (χ1v) is 5.94.